The molecule has 0 aliphatic rings. The van der Waals surface area contributed by atoms with Crippen LogP contribution in [0.15, 0.2) is 65.6 Å². The molecule has 0 aliphatic heterocycles. The molecule has 0 unspecified atom stereocenters. The lowest BCUT2D eigenvalue weighted by Gasteiger charge is -2.17. The van der Waals surface area contributed by atoms with Gasteiger partial charge < -0.3 is 20.2 Å². The Kier molecular flexibility index (Phi) is 8.44. The van der Waals surface area contributed by atoms with E-state index < -0.39 is 17.4 Å². The number of rotatable bonds is 9. The molecule has 0 radical (unpaired) electrons. The third-order valence-corrected chi connectivity index (χ3v) is 6.22. The van der Waals surface area contributed by atoms with Crippen LogP contribution in [0.1, 0.15) is 33.5 Å². The van der Waals surface area contributed by atoms with Gasteiger partial charge in [-0.3, -0.25) is 9.59 Å². The van der Waals surface area contributed by atoms with Crippen molar-refractivity contribution in [1.29, 1.82) is 0 Å². The van der Waals surface area contributed by atoms with Gasteiger partial charge >= 0.3 is 6.09 Å². The molecule has 2 amide bonds. The van der Waals surface area contributed by atoms with Gasteiger partial charge in [0.25, 0.3) is 5.91 Å². The largest absolute Gasteiger partial charge is 0.482 e. The van der Waals surface area contributed by atoms with Gasteiger partial charge in [0.15, 0.2) is 10.7 Å². The average molecular weight is 538 g/mol. The van der Waals surface area contributed by atoms with E-state index in [9.17, 15) is 18.8 Å². The molecule has 2 heterocycles. The SMILES string of the molecule is CCNC(=O)c1c(OCc2ccccc2)c(=O)c(-c2nnc(Cc3ccc(F)cc3)s2)cn1OC(=O)NC. The summed E-state index contributed by atoms with van der Waals surface area (Å²) in [5, 5.41) is 14.0. The maximum atomic E-state index is 13.7. The van der Waals surface area contributed by atoms with E-state index in [1.807, 2.05) is 30.3 Å². The zero-order valence-electron chi connectivity index (χ0n) is 20.6. The number of halogens is 1. The molecule has 0 saturated carbocycles. The summed E-state index contributed by atoms with van der Waals surface area (Å²) >= 11 is 1.14. The number of aromatic nitrogens is 3. The summed E-state index contributed by atoms with van der Waals surface area (Å²) < 4.78 is 20.0. The van der Waals surface area contributed by atoms with Gasteiger partial charge in [-0.25, -0.2) is 9.18 Å². The van der Waals surface area contributed by atoms with Gasteiger partial charge in [-0.1, -0.05) is 53.8 Å². The minimum Gasteiger partial charge on any atom is -0.482 e. The van der Waals surface area contributed by atoms with Crippen molar-refractivity contribution in [2.24, 2.45) is 0 Å². The third kappa shape index (κ3) is 6.21. The summed E-state index contributed by atoms with van der Waals surface area (Å²) in [5.74, 6) is -1.33. The van der Waals surface area contributed by atoms with Crippen LogP contribution in [0.4, 0.5) is 9.18 Å². The average Bonchev–Trinajstić information content (AvgIpc) is 3.38. The number of hydrogen-bond acceptors (Lipinski definition) is 8. The highest BCUT2D eigenvalue weighted by Crippen LogP contribution is 2.26. The lowest BCUT2D eigenvalue weighted by atomic mass is 10.2. The zero-order valence-corrected chi connectivity index (χ0v) is 21.4. The molecule has 2 N–H and O–H groups in total. The quantitative estimate of drug-likeness (QED) is 0.336. The molecule has 2 aromatic heterocycles. The van der Waals surface area contributed by atoms with E-state index in [0.29, 0.717) is 11.4 Å². The van der Waals surface area contributed by atoms with E-state index in [1.165, 1.54) is 25.4 Å². The summed E-state index contributed by atoms with van der Waals surface area (Å²) in [6.07, 6.45) is 0.711. The lowest BCUT2D eigenvalue weighted by Crippen LogP contribution is -2.36. The number of nitrogens with one attached hydrogen (secondary N) is 2. The van der Waals surface area contributed by atoms with Crippen molar-refractivity contribution in [2.45, 2.75) is 20.0 Å². The molecule has 0 bridgehead atoms. The third-order valence-electron chi connectivity index (χ3n) is 5.26. The predicted octanol–water partition coefficient (Wildman–Crippen LogP) is 3.19. The molecule has 0 atom stereocenters. The fourth-order valence-corrected chi connectivity index (χ4v) is 4.33. The summed E-state index contributed by atoms with van der Waals surface area (Å²) in [7, 11) is 1.36. The molecule has 0 saturated heterocycles. The van der Waals surface area contributed by atoms with Crippen LogP contribution in [0.2, 0.25) is 0 Å². The zero-order chi connectivity index (χ0) is 27.1. The van der Waals surface area contributed by atoms with Crippen molar-refractivity contribution in [1.82, 2.24) is 25.6 Å². The molecule has 0 aliphatic carbocycles. The van der Waals surface area contributed by atoms with Gasteiger partial charge in [-0.05, 0) is 30.2 Å². The molecule has 0 fully saturated rings. The predicted molar refractivity (Wildman–Crippen MR) is 139 cm³/mol. The molecule has 4 aromatic rings. The summed E-state index contributed by atoms with van der Waals surface area (Å²) in [5.41, 5.74) is 0.691. The van der Waals surface area contributed by atoms with Crippen LogP contribution in [0, 0.1) is 5.82 Å². The van der Waals surface area contributed by atoms with Gasteiger partial charge in [0.1, 0.15) is 17.4 Å². The van der Waals surface area contributed by atoms with E-state index in [1.54, 1.807) is 19.1 Å². The van der Waals surface area contributed by atoms with E-state index >= 15 is 0 Å². The van der Waals surface area contributed by atoms with E-state index in [-0.39, 0.29) is 41.0 Å². The first-order valence-electron chi connectivity index (χ1n) is 11.6. The minimum atomic E-state index is -0.867. The van der Waals surface area contributed by atoms with E-state index in [2.05, 4.69) is 20.8 Å². The molecule has 4 rings (SSSR count). The Morgan fingerprint density at radius 3 is 2.47 bits per heavy atom. The number of carbonyl (C=O) groups is 2. The number of pyridine rings is 1. The van der Waals surface area contributed by atoms with Crippen LogP contribution in [0.25, 0.3) is 10.6 Å². The Bertz CT molecular complexity index is 1490. The van der Waals surface area contributed by atoms with Crippen molar-refractivity contribution in [3.63, 3.8) is 0 Å². The number of hydrogen-bond donors (Lipinski definition) is 2. The Morgan fingerprint density at radius 2 is 1.79 bits per heavy atom. The fourth-order valence-electron chi connectivity index (χ4n) is 3.45. The summed E-state index contributed by atoms with van der Waals surface area (Å²) in [6.45, 7) is 1.95. The number of benzene rings is 2. The second-order valence-electron chi connectivity index (χ2n) is 7.94. The first-order valence-corrected chi connectivity index (χ1v) is 12.4. The summed E-state index contributed by atoms with van der Waals surface area (Å²) in [4.78, 5) is 44.0. The standard InChI is InChI=1S/C26H24FN5O5S/c1-3-29-24(34)21-23(36-15-17-7-5-4-6-8-17)22(33)19(14-32(21)37-26(35)28-2)25-31-30-20(38-25)13-16-9-11-18(27)12-10-16/h4-12,14H,3,13,15H2,1-2H3,(H,28,35)(H,29,34). The van der Waals surface area contributed by atoms with Crippen LogP contribution >= 0.6 is 11.3 Å². The van der Waals surface area contributed by atoms with Gasteiger partial charge in [0.2, 0.25) is 11.2 Å². The minimum absolute atomic E-state index is 0.0160. The highest BCUT2D eigenvalue weighted by molar-refractivity contribution is 7.14. The maximum Gasteiger partial charge on any atom is 0.431 e. The van der Waals surface area contributed by atoms with Crippen molar-refractivity contribution in [3.05, 3.63) is 98.7 Å². The highest BCUT2D eigenvalue weighted by atomic mass is 32.1. The van der Waals surface area contributed by atoms with Crippen molar-refractivity contribution in [2.75, 3.05) is 13.6 Å². The van der Waals surface area contributed by atoms with Crippen LogP contribution in [-0.2, 0) is 13.0 Å². The van der Waals surface area contributed by atoms with E-state index in [4.69, 9.17) is 9.57 Å². The molecule has 0 spiro atoms. The number of nitrogens with zero attached hydrogens (tertiary/aromatic N) is 3. The van der Waals surface area contributed by atoms with Crippen LogP contribution < -0.4 is 25.6 Å². The van der Waals surface area contributed by atoms with Gasteiger partial charge in [-0.15, -0.1) is 10.2 Å². The Morgan fingerprint density at radius 1 is 1.05 bits per heavy atom. The molecular formula is C26H24FN5O5S. The molecule has 2 aromatic carbocycles. The first kappa shape index (κ1) is 26.5. The summed E-state index contributed by atoms with van der Waals surface area (Å²) in [6, 6.07) is 15.1. The molecule has 38 heavy (non-hydrogen) atoms. The molecular weight excluding hydrogens is 513 g/mol. The number of ether oxygens (including phenoxy) is 1. The van der Waals surface area contributed by atoms with Crippen LogP contribution in [0.5, 0.6) is 5.75 Å². The Labute approximate surface area is 221 Å². The smallest absolute Gasteiger partial charge is 0.431 e. The Hall–Kier alpha value is -4.58. The van der Waals surface area contributed by atoms with Crippen molar-refractivity contribution < 1.29 is 23.6 Å². The lowest BCUT2D eigenvalue weighted by molar-refractivity contribution is 0.0885. The van der Waals surface area contributed by atoms with Crippen molar-refractivity contribution in [3.8, 4) is 16.3 Å². The van der Waals surface area contributed by atoms with Gasteiger partial charge in [0, 0.05) is 20.0 Å². The second kappa shape index (κ2) is 12.1. The highest BCUT2D eigenvalue weighted by Gasteiger charge is 2.27. The van der Waals surface area contributed by atoms with Crippen LogP contribution in [0.3, 0.4) is 0 Å². The second-order valence-corrected chi connectivity index (χ2v) is 9.00. The molecule has 12 heteroatoms. The number of carbonyl (C=O) groups excluding carboxylic acids is 2. The van der Waals surface area contributed by atoms with Crippen LogP contribution in [-0.4, -0.2) is 40.5 Å². The topological polar surface area (TPSA) is 124 Å². The van der Waals surface area contributed by atoms with Crippen molar-refractivity contribution >= 4 is 23.3 Å². The normalized spacial score (nSPS) is 10.6. The first-order chi connectivity index (χ1) is 18.4. The monoisotopic (exact) mass is 537 g/mol. The van der Waals surface area contributed by atoms with Gasteiger partial charge in [0.05, 0.1) is 11.8 Å². The molecule has 10 nitrogen and oxygen atoms in total. The Balaban J connectivity index is 1.79. The fraction of sp³-hybridized carbons (Fsp3) is 0.192. The number of amides is 2. The maximum absolute atomic E-state index is 13.7. The van der Waals surface area contributed by atoms with E-state index in [0.717, 1.165) is 27.2 Å². The molecule has 196 valence electrons. The van der Waals surface area contributed by atoms with Gasteiger partial charge in [-0.2, -0.15) is 4.73 Å².